The molecule has 44 valence electrons. The van der Waals surface area contributed by atoms with Gasteiger partial charge in [0.05, 0.1) is 0 Å². The van der Waals surface area contributed by atoms with Gasteiger partial charge in [-0.05, 0) is 0 Å². The largest absolute Gasteiger partial charge is 0.668 e. The van der Waals surface area contributed by atoms with E-state index in [1.807, 2.05) is 0 Å². The molecule has 0 aliphatic rings. The van der Waals surface area contributed by atoms with Crippen LogP contribution in [0.4, 0.5) is 0 Å². The van der Waals surface area contributed by atoms with E-state index in [-0.39, 0.29) is 27.2 Å². The van der Waals surface area contributed by atoms with Crippen molar-refractivity contribution < 1.29 is 46.4 Å². The average Bonchev–Trinajstić information content (AvgIpc) is 0.722. The van der Waals surface area contributed by atoms with Crippen LogP contribution in [-0.2, 0) is 21.7 Å². The Kier molecular flexibility index (Phi) is 10.9. The van der Waals surface area contributed by atoms with Gasteiger partial charge in [0, 0.05) is 21.7 Å². The molecule has 0 saturated heterocycles. The third-order valence-electron chi connectivity index (χ3n) is 0. The van der Waals surface area contributed by atoms with Crippen molar-refractivity contribution in [3.05, 3.63) is 0 Å². The van der Waals surface area contributed by atoms with Gasteiger partial charge in [0.1, 0.15) is 0 Å². The van der Waals surface area contributed by atoms with Crippen molar-refractivity contribution in [2.45, 2.75) is 0 Å². The molecule has 0 fully saturated rings. The van der Waals surface area contributed by atoms with Gasteiger partial charge in [-0.2, -0.15) is 0 Å². The Morgan fingerprint density at radius 3 is 0.857 bits per heavy atom. The van der Waals surface area contributed by atoms with Gasteiger partial charge in [-0.1, -0.05) is 0 Å². The molecule has 0 rings (SSSR count). The van der Waals surface area contributed by atoms with Crippen molar-refractivity contribution in [1.29, 1.82) is 0 Å². The van der Waals surface area contributed by atoms with Crippen molar-refractivity contribution in [3.8, 4) is 0 Å². The predicted octanol–water partition coefficient (Wildman–Crippen LogP) is -3.44. The normalized spacial score (nSPS) is 8.57. The molecule has 0 radical (unpaired) electrons. The van der Waals surface area contributed by atoms with Gasteiger partial charge in [-0.25, -0.2) is 0 Å². The van der Waals surface area contributed by atoms with Crippen molar-refractivity contribution >= 4 is 9.05 Å². The van der Waals surface area contributed by atoms with Crippen molar-refractivity contribution in [2.75, 3.05) is 0 Å². The van der Waals surface area contributed by atoms with Crippen molar-refractivity contribution in [3.63, 3.8) is 0 Å². The molecule has 0 heterocycles. The van der Waals surface area contributed by atoms with E-state index in [0.29, 0.717) is 0 Å². The van der Waals surface area contributed by atoms with Crippen LogP contribution in [0.5, 0.6) is 0 Å². The smallest absolute Gasteiger partial charge is 0.412 e. The van der Waals surface area contributed by atoms with E-state index in [1.54, 1.807) is 0 Å². The fraction of sp³-hybridized carbons (Fsp3) is 0. The van der Waals surface area contributed by atoms with E-state index in [9.17, 15) is 0 Å². The van der Waals surface area contributed by atoms with Gasteiger partial charge in [0.25, 0.3) is 0 Å². The first kappa shape index (κ1) is 15.6. The van der Waals surface area contributed by atoms with Crippen LogP contribution >= 0.6 is 0 Å². The summed E-state index contributed by atoms with van der Waals surface area (Å²) < 4.78 is 0. The van der Waals surface area contributed by atoms with Crippen LogP contribution in [0.3, 0.4) is 0 Å². The Balaban J connectivity index is -0.0000000800. The first-order valence-electron chi connectivity index (χ1n) is 0.894. The summed E-state index contributed by atoms with van der Waals surface area (Å²) in [4.78, 5) is 29.3. The Hall–Kier alpha value is 0.731. The third-order valence-corrected chi connectivity index (χ3v) is 0. The van der Waals surface area contributed by atoms with E-state index in [1.165, 1.54) is 0 Å². The second-order valence-electron chi connectivity index (χ2n) is 0.600. The summed E-state index contributed by atoms with van der Waals surface area (Å²) in [5, 5.41) is 0. The second kappa shape index (κ2) is 4.88. The molecule has 0 spiro atoms. The summed E-state index contributed by atoms with van der Waals surface area (Å²) in [5.41, 5.74) is 0. The summed E-state index contributed by atoms with van der Waals surface area (Å²) in [6.07, 6.45) is 0. The molecule has 0 atom stereocenters. The number of hydrogen-bond acceptors (Lipinski definition) is 4. The summed E-state index contributed by atoms with van der Waals surface area (Å²) in [6, 6.07) is 0. The fourth-order valence-electron chi connectivity index (χ4n) is 0. The van der Waals surface area contributed by atoms with Crippen molar-refractivity contribution in [1.82, 2.24) is 0 Å². The molecule has 0 aliphatic carbocycles. The maximum atomic E-state index is 7.33. The van der Waals surface area contributed by atoms with Gasteiger partial charge in [0.15, 0.2) is 0 Å². The Labute approximate surface area is 55.9 Å². The average molecular weight is 162 g/mol. The third kappa shape index (κ3) is 282. The molecule has 0 aliphatic heterocycles. The molecule has 0 unspecified atom stereocenters. The predicted molar refractivity (Wildman–Crippen MR) is 18.2 cm³/mol. The number of rotatable bonds is 0. The standard InChI is InChI=1S/H4O4Si.H2O.Ti/c1-5(2,3)4;;/h1-4H;1H2;. The fourth-order valence-corrected chi connectivity index (χ4v) is 0. The first-order valence-corrected chi connectivity index (χ1v) is 2.68. The zero-order chi connectivity index (χ0) is 4.50. The van der Waals surface area contributed by atoms with Crippen LogP contribution in [0.15, 0.2) is 0 Å². The molecule has 0 bridgehead atoms. The Morgan fingerprint density at radius 2 is 0.857 bits per heavy atom. The minimum atomic E-state index is -4.61. The molecule has 0 aromatic heterocycles. The van der Waals surface area contributed by atoms with Crippen LogP contribution in [0.25, 0.3) is 0 Å². The zero-order valence-corrected chi connectivity index (χ0v) is 5.85. The Bertz CT molecular complexity index is 23.6. The molecule has 0 amide bonds. The SMILES string of the molecule is O.O[Si](O)(O)O.[Ti]. The molecule has 5 nitrogen and oxygen atoms in total. The maximum absolute atomic E-state index is 7.33. The monoisotopic (exact) mass is 162 g/mol. The summed E-state index contributed by atoms with van der Waals surface area (Å²) in [5.74, 6) is 0. The molecule has 0 saturated carbocycles. The van der Waals surface area contributed by atoms with Gasteiger partial charge in [-0.15, -0.1) is 0 Å². The van der Waals surface area contributed by atoms with Crippen LogP contribution in [0, 0.1) is 0 Å². The summed E-state index contributed by atoms with van der Waals surface area (Å²) >= 11 is 0. The van der Waals surface area contributed by atoms with Gasteiger partial charge in [-0.3, -0.25) is 0 Å². The molecule has 7 heteroatoms. The molecule has 6 N–H and O–H groups in total. The molecular formula is H6O5SiTi. The number of hydrogen-bond donors (Lipinski definition) is 4. The topological polar surface area (TPSA) is 112 Å². The molecule has 0 aromatic carbocycles. The Morgan fingerprint density at radius 1 is 0.857 bits per heavy atom. The van der Waals surface area contributed by atoms with Gasteiger partial charge < -0.3 is 24.7 Å². The minimum absolute atomic E-state index is 0. The first-order chi connectivity index (χ1) is 2.00. The van der Waals surface area contributed by atoms with E-state index in [0.717, 1.165) is 0 Å². The van der Waals surface area contributed by atoms with E-state index < -0.39 is 9.05 Å². The van der Waals surface area contributed by atoms with Gasteiger partial charge >= 0.3 is 9.05 Å². The summed E-state index contributed by atoms with van der Waals surface area (Å²) in [7, 11) is -4.61. The van der Waals surface area contributed by atoms with Crippen LogP contribution < -0.4 is 0 Å². The zero-order valence-electron chi connectivity index (χ0n) is 3.29. The quantitative estimate of drug-likeness (QED) is 0.277. The summed E-state index contributed by atoms with van der Waals surface area (Å²) in [6.45, 7) is 0. The van der Waals surface area contributed by atoms with Crippen LogP contribution in [-0.4, -0.2) is 33.7 Å². The molecule has 0 aromatic rings. The van der Waals surface area contributed by atoms with Crippen LogP contribution in [0.2, 0.25) is 0 Å². The van der Waals surface area contributed by atoms with Gasteiger partial charge in [0.2, 0.25) is 0 Å². The maximum Gasteiger partial charge on any atom is 0.668 e. The molecular weight excluding hydrogens is 156 g/mol. The van der Waals surface area contributed by atoms with E-state index in [4.69, 9.17) is 19.2 Å². The minimum Gasteiger partial charge on any atom is -0.412 e. The van der Waals surface area contributed by atoms with Crippen LogP contribution in [0.1, 0.15) is 0 Å². The second-order valence-corrected chi connectivity index (χ2v) is 1.80. The van der Waals surface area contributed by atoms with Crippen molar-refractivity contribution in [2.24, 2.45) is 0 Å². The van der Waals surface area contributed by atoms with E-state index in [2.05, 4.69) is 0 Å². The van der Waals surface area contributed by atoms with E-state index >= 15 is 0 Å². The molecule has 7 heavy (non-hydrogen) atoms.